The first kappa shape index (κ1) is 17.2. The monoisotopic (exact) mass is 297 g/mol. The molecule has 0 bridgehead atoms. The van der Waals surface area contributed by atoms with Crippen molar-refractivity contribution in [3.8, 4) is 0 Å². The summed E-state index contributed by atoms with van der Waals surface area (Å²) in [5.74, 6) is 0.897. The molecule has 3 nitrogen and oxygen atoms in total. The van der Waals surface area contributed by atoms with E-state index < -0.39 is 0 Å². The van der Waals surface area contributed by atoms with Gasteiger partial charge in [-0.05, 0) is 32.2 Å². The topological polar surface area (TPSA) is 30.5 Å². The van der Waals surface area contributed by atoms with E-state index in [-0.39, 0.29) is 5.60 Å². The van der Waals surface area contributed by atoms with Crippen molar-refractivity contribution in [1.82, 2.24) is 5.32 Å². The van der Waals surface area contributed by atoms with Crippen LogP contribution in [-0.2, 0) is 9.47 Å². The highest BCUT2D eigenvalue weighted by atomic mass is 16.5. The smallest absolute Gasteiger partial charge is 0.0878 e. The van der Waals surface area contributed by atoms with E-state index in [9.17, 15) is 0 Å². The lowest BCUT2D eigenvalue weighted by molar-refractivity contribution is -0.130. The highest BCUT2D eigenvalue weighted by molar-refractivity contribution is 4.96. The van der Waals surface area contributed by atoms with Crippen molar-refractivity contribution >= 4 is 0 Å². The Morgan fingerprint density at radius 2 is 1.86 bits per heavy atom. The van der Waals surface area contributed by atoms with Crippen molar-refractivity contribution in [2.45, 2.75) is 83.3 Å². The Balaban J connectivity index is 2.02. The largest absolute Gasteiger partial charge is 0.381 e. The van der Waals surface area contributed by atoms with Gasteiger partial charge in [-0.15, -0.1) is 0 Å². The summed E-state index contributed by atoms with van der Waals surface area (Å²) in [6.45, 7) is 8.02. The van der Waals surface area contributed by atoms with Gasteiger partial charge < -0.3 is 14.8 Å². The van der Waals surface area contributed by atoms with E-state index in [1.54, 1.807) is 0 Å². The van der Waals surface area contributed by atoms with Gasteiger partial charge in [-0.25, -0.2) is 0 Å². The fraction of sp³-hybridized carbons (Fsp3) is 1.00. The molecule has 0 aromatic rings. The predicted molar refractivity (Wildman–Crippen MR) is 87.7 cm³/mol. The van der Waals surface area contributed by atoms with E-state index in [0.717, 1.165) is 45.1 Å². The van der Waals surface area contributed by atoms with Crippen LogP contribution in [0.1, 0.15) is 71.6 Å². The Morgan fingerprint density at radius 3 is 2.48 bits per heavy atom. The van der Waals surface area contributed by atoms with E-state index in [2.05, 4.69) is 19.2 Å². The molecule has 1 aliphatic carbocycles. The summed E-state index contributed by atoms with van der Waals surface area (Å²) in [6.07, 6.45) is 11.7. The molecule has 21 heavy (non-hydrogen) atoms. The predicted octanol–water partition coefficient (Wildman–Crippen LogP) is 3.91. The summed E-state index contributed by atoms with van der Waals surface area (Å²) in [4.78, 5) is 0. The SMILES string of the molecule is CCCNC(CC1CCCCC1)C1(OCC)CCOCC1. The molecule has 1 unspecified atom stereocenters. The molecule has 0 radical (unpaired) electrons. The van der Waals surface area contributed by atoms with Crippen LogP contribution in [-0.4, -0.2) is 38.0 Å². The number of ether oxygens (including phenoxy) is 2. The zero-order chi connectivity index (χ0) is 15.0. The van der Waals surface area contributed by atoms with Crippen molar-refractivity contribution in [3.05, 3.63) is 0 Å². The molecule has 1 saturated heterocycles. The van der Waals surface area contributed by atoms with Gasteiger partial charge >= 0.3 is 0 Å². The third-order valence-corrected chi connectivity index (χ3v) is 5.34. The number of hydrogen-bond acceptors (Lipinski definition) is 3. The van der Waals surface area contributed by atoms with E-state index in [1.165, 1.54) is 44.9 Å². The normalized spacial score (nSPS) is 24.9. The van der Waals surface area contributed by atoms with E-state index >= 15 is 0 Å². The second-order valence-corrected chi connectivity index (χ2v) is 6.86. The minimum Gasteiger partial charge on any atom is -0.381 e. The molecule has 0 aromatic heterocycles. The third kappa shape index (κ3) is 4.94. The highest BCUT2D eigenvalue weighted by Crippen LogP contribution is 2.35. The maximum absolute atomic E-state index is 6.33. The molecule has 124 valence electrons. The van der Waals surface area contributed by atoms with Gasteiger partial charge in [-0.3, -0.25) is 0 Å². The second-order valence-electron chi connectivity index (χ2n) is 6.86. The molecule has 2 aliphatic rings. The average molecular weight is 297 g/mol. The van der Waals surface area contributed by atoms with Gasteiger partial charge in [0, 0.05) is 38.7 Å². The molecule has 1 heterocycles. The highest BCUT2D eigenvalue weighted by Gasteiger charge is 2.41. The summed E-state index contributed by atoms with van der Waals surface area (Å²) < 4.78 is 11.9. The number of nitrogens with one attached hydrogen (secondary N) is 1. The van der Waals surface area contributed by atoms with Crippen molar-refractivity contribution in [1.29, 1.82) is 0 Å². The van der Waals surface area contributed by atoms with Crippen LogP contribution < -0.4 is 5.32 Å². The second kappa shape index (κ2) is 9.12. The molecule has 1 N–H and O–H groups in total. The van der Waals surface area contributed by atoms with E-state index in [1.807, 2.05) is 0 Å². The minimum absolute atomic E-state index is 0.0135. The number of rotatable bonds is 8. The molecule has 1 saturated carbocycles. The zero-order valence-electron chi connectivity index (χ0n) is 14.2. The van der Waals surface area contributed by atoms with Crippen LogP contribution in [0.5, 0.6) is 0 Å². The van der Waals surface area contributed by atoms with Gasteiger partial charge in [0.2, 0.25) is 0 Å². The molecule has 2 rings (SSSR count). The maximum Gasteiger partial charge on any atom is 0.0878 e. The first-order valence-electron chi connectivity index (χ1n) is 9.26. The Hall–Kier alpha value is -0.120. The van der Waals surface area contributed by atoms with E-state index in [4.69, 9.17) is 9.47 Å². The zero-order valence-corrected chi connectivity index (χ0v) is 14.2. The Morgan fingerprint density at radius 1 is 1.14 bits per heavy atom. The van der Waals surface area contributed by atoms with Crippen LogP contribution in [0.4, 0.5) is 0 Å². The third-order valence-electron chi connectivity index (χ3n) is 5.34. The lowest BCUT2D eigenvalue weighted by Crippen LogP contribution is -2.56. The van der Waals surface area contributed by atoms with Crippen LogP contribution in [0.2, 0.25) is 0 Å². The molecule has 0 amide bonds. The number of hydrogen-bond donors (Lipinski definition) is 1. The summed E-state index contributed by atoms with van der Waals surface area (Å²) in [5, 5.41) is 3.83. The van der Waals surface area contributed by atoms with Crippen LogP contribution in [0.15, 0.2) is 0 Å². The summed E-state index contributed by atoms with van der Waals surface area (Å²) in [6, 6.07) is 0.504. The summed E-state index contributed by atoms with van der Waals surface area (Å²) in [5.41, 5.74) is 0.0135. The van der Waals surface area contributed by atoms with Crippen molar-refractivity contribution in [2.24, 2.45) is 5.92 Å². The molecule has 0 spiro atoms. The van der Waals surface area contributed by atoms with Crippen molar-refractivity contribution < 1.29 is 9.47 Å². The van der Waals surface area contributed by atoms with Gasteiger partial charge in [0.05, 0.1) is 5.60 Å². The summed E-state index contributed by atoms with van der Waals surface area (Å²) >= 11 is 0. The maximum atomic E-state index is 6.33. The Bertz CT molecular complexity index is 265. The van der Waals surface area contributed by atoms with Crippen LogP contribution in [0.3, 0.4) is 0 Å². The molecular formula is C18H35NO2. The molecule has 3 heteroatoms. The Kier molecular flexibility index (Phi) is 7.48. The fourth-order valence-corrected chi connectivity index (χ4v) is 4.16. The minimum atomic E-state index is 0.0135. The summed E-state index contributed by atoms with van der Waals surface area (Å²) in [7, 11) is 0. The standard InChI is InChI=1S/C18H35NO2/c1-3-12-19-17(15-16-8-6-5-7-9-16)18(21-4-2)10-13-20-14-11-18/h16-17,19H,3-15H2,1-2H3. The van der Waals surface area contributed by atoms with Crippen LogP contribution >= 0.6 is 0 Å². The van der Waals surface area contributed by atoms with Gasteiger partial charge in [0.15, 0.2) is 0 Å². The molecular weight excluding hydrogens is 262 g/mol. The van der Waals surface area contributed by atoms with Crippen LogP contribution in [0, 0.1) is 5.92 Å². The van der Waals surface area contributed by atoms with Crippen molar-refractivity contribution in [2.75, 3.05) is 26.4 Å². The molecule has 0 aromatic carbocycles. The lowest BCUT2D eigenvalue weighted by Gasteiger charge is -2.45. The fourth-order valence-electron chi connectivity index (χ4n) is 4.16. The molecule has 1 aliphatic heterocycles. The van der Waals surface area contributed by atoms with E-state index in [0.29, 0.717) is 6.04 Å². The van der Waals surface area contributed by atoms with Gasteiger partial charge in [0.25, 0.3) is 0 Å². The van der Waals surface area contributed by atoms with Gasteiger partial charge in [-0.2, -0.15) is 0 Å². The average Bonchev–Trinajstić information content (AvgIpc) is 2.53. The lowest BCUT2D eigenvalue weighted by atomic mass is 9.77. The quantitative estimate of drug-likeness (QED) is 0.737. The first-order valence-corrected chi connectivity index (χ1v) is 9.26. The molecule has 2 fully saturated rings. The van der Waals surface area contributed by atoms with Crippen molar-refractivity contribution in [3.63, 3.8) is 0 Å². The Labute approximate surface area is 131 Å². The molecule has 1 atom stereocenters. The van der Waals surface area contributed by atoms with Crippen LogP contribution in [0.25, 0.3) is 0 Å². The van der Waals surface area contributed by atoms with Gasteiger partial charge in [0.1, 0.15) is 0 Å². The van der Waals surface area contributed by atoms with Gasteiger partial charge in [-0.1, -0.05) is 39.0 Å². The first-order chi connectivity index (χ1) is 10.3.